The number of methoxy groups -OCH3 is 1. The minimum absolute atomic E-state index is 0.0476. The number of carbonyl (C=O) groups is 1. The van der Waals surface area contributed by atoms with Crippen LogP contribution in [0.25, 0.3) is 0 Å². The fraction of sp³-hybridized carbons (Fsp3) is 0.174. The Kier molecular flexibility index (Phi) is 6.60. The molecule has 3 rings (SSSR count). The van der Waals surface area contributed by atoms with Crippen molar-refractivity contribution in [2.75, 3.05) is 23.3 Å². The second-order valence-corrected chi connectivity index (χ2v) is 8.84. The second kappa shape index (κ2) is 9.18. The molecule has 0 spiro atoms. The lowest BCUT2D eigenvalue weighted by Crippen LogP contribution is -2.38. The minimum Gasteiger partial charge on any atom is -0.495 e. The molecule has 0 atom stereocenters. The SMILES string of the molecule is COc1ccc(C)cc1S(=O)(=O)N(CC(=O)Nc1cc(F)ccc1C)c1ccccc1. The number of halogens is 1. The number of sulfonamides is 1. The van der Waals surface area contributed by atoms with E-state index in [0.717, 1.165) is 9.87 Å². The molecule has 0 unspecified atom stereocenters. The third-order valence-electron chi connectivity index (χ3n) is 4.69. The molecule has 6 nitrogen and oxygen atoms in total. The van der Waals surface area contributed by atoms with Gasteiger partial charge in [-0.1, -0.05) is 30.3 Å². The molecule has 0 saturated carbocycles. The summed E-state index contributed by atoms with van der Waals surface area (Å²) < 4.78 is 47.0. The van der Waals surface area contributed by atoms with Crippen LogP contribution in [-0.2, 0) is 14.8 Å². The Bertz CT molecular complexity index is 1200. The van der Waals surface area contributed by atoms with E-state index in [1.165, 1.54) is 31.4 Å². The summed E-state index contributed by atoms with van der Waals surface area (Å²) >= 11 is 0. The zero-order chi connectivity index (χ0) is 22.6. The monoisotopic (exact) mass is 442 g/mol. The molecule has 0 radical (unpaired) electrons. The van der Waals surface area contributed by atoms with Crippen LogP contribution in [0.4, 0.5) is 15.8 Å². The summed E-state index contributed by atoms with van der Waals surface area (Å²) in [6.45, 7) is 2.99. The molecule has 0 aliphatic heterocycles. The average Bonchev–Trinajstić information content (AvgIpc) is 2.75. The Morgan fingerprint density at radius 2 is 1.74 bits per heavy atom. The van der Waals surface area contributed by atoms with Crippen molar-refractivity contribution < 1.29 is 22.3 Å². The van der Waals surface area contributed by atoms with Gasteiger partial charge in [-0.15, -0.1) is 0 Å². The highest BCUT2D eigenvalue weighted by Gasteiger charge is 2.30. The number of anilines is 2. The van der Waals surface area contributed by atoms with Crippen molar-refractivity contribution in [3.05, 3.63) is 83.7 Å². The maximum absolute atomic E-state index is 13.6. The molecule has 0 aliphatic rings. The van der Waals surface area contributed by atoms with Crippen molar-refractivity contribution in [2.45, 2.75) is 18.7 Å². The first kappa shape index (κ1) is 22.3. The van der Waals surface area contributed by atoms with Crippen LogP contribution < -0.4 is 14.4 Å². The number of amides is 1. The van der Waals surface area contributed by atoms with Crippen LogP contribution >= 0.6 is 0 Å². The number of para-hydroxylation sites is 1. The summed E-state index contributed by atoms with van der Waals surface area (Å²) in [6.07, 6.45) is 0. The summed E-state index contributed by atoms with van der Waals surface area (Å²) in [5.41, 5.74) is 1.98. The summed E-state index contributed by atoms with van der Waals surface area (Å²) in [4.78, 5) is 12.7. The van der Waals surface area contributed by atoms with E-state index in [4.69, 9.17) is 4.74 Å². The molecule has 31 heavy (non-hydrogen) atoms. The Morgan fingerprint density at radius 1 is 1.03 bits per heavy atom. The van der Waals surface area contributed by atoms with Gasteiger partial charge >= 0.3 is 0 Å². The maximum Gasteiger partial charge on any atom is 0.268 e. The molecule has 0 bridgehead atoms. The number of ether oxygens (including phenoxy) is 1. The Hall–Kier alpha value is -3.39. The summed E-state index contributed by atoms with van der Waals surface area (Å²) in [5, 5.41) is 2.60. The van der Waals surface area contributed by atoms with Crippen molar-refractivity contribution in [1.29, 1.82) is 0 Å². The van der Waals surface area contributed by atoms with Gasteiger partial charge in [0.05, 0.1) is 12.8 Å². The zero-order valence-corrected chi connectivity index (χ0v) is 18.2. The topological polar surface area (TPSA) is 75.7 Å². The zero-order valence-electron chi connectivity index (χ0n) is 17.4. The molecule has 0 heterocycles. The highest BCUT2D eigenvalue weighted by atomic mass is 32.2. The molecule has 0 aromatic heterocycles. The van der Waals surface area contributed by atoms with E-state index in [1.54, 1.807) is 56.3 Å². The van der Waals surface area contributed by atoms with Crippen LogP contribution in [0.3, 0.4) is 0 Å². The van der Waals surface area contributed by atoms with Gasteiger partial charge < -0.3 is 10.1 Å². The number of carbonyl (C=O) groups excluding carboxylic acids is 1. The number of nitrogens with one attached hydrogen (secondary N) is 1. The lowest BCUT2D eigenvalue weighted by Gasteiger charge is -2.25. The van der Waals surface area contributed by atoms with Gasteiger partial charge in [0.25, 0.3) is 10.0 Å². The Balaban J connectivity index is 2.01. The van der Waals surface area contributed by atoms with Crippen molar-refractivity contribution in [1.82, 2.24) is 0 Å². The number of hydrogen-bond donors (Lipinski definition) is 1. The van der Waals surface area contributed by atoms with Crippen molar-refractivity contribution >= 4 is 27.3 Å². The third kappa shape index (κ3) is 5.03. The van der Waals surface area contributed by atoms with Crippen LogP contribution in [0.15, 0.2) is 71.6 Å². The summed E-state index contributed by atoms with van der Waals surface area (Å²) in [7, 11) is -2.77. The van der Waals surface area contributed by atoms with E-state index in [2.05, 4.69) is 5.32 Å². The highest BCUT2D eigenvalue weighted by Crippen LogP contribution is 2.31. The number of rotatable bonds is 7. The predicted molar refractivity (Wildman–Crippen MR) is 118 cm³/mol. The molecule has 0 aliphatic carbocycles. The second-order valence-electron chi connectivity index (χ2n) is 7.01. The number of hydrogen-bond acceptors (Lipinski definition) is 4. The van der Waals surface area contributed by atoms with Gasteiger partial charge in [0.2, 0.25) is 5.91 Å². The van der Waals surface area contributed by atoms with Crippen LogP contribution in [0, 0.1) is 19.7 Å². The summed E-state index contributed by atoms with van der Waals surface area (Å²) in [5.74, 6) is -0.932. The first-order valence-electron chi connectivity index (χ1n) is 9.51. The molecule has 8 heteroatoms. The Labute approximate surface area is 181 Å². The van der Waals surface area contributed by atoms with E-state index in [0.29, 0.717) is 11.3 Å². The Morgan fingerprint density at radius 3 is 2.42 bits per heavy atom. The number of benzene rings is 3. The lowest BCUT2D eigenvalue weighted by atomic mass is 10.2. The summed E-state index contributed by atoms with van der Waals surface area (Å²) in [6, 6.07) is 17.1. The van der Waals surface area contributed by atoms with Gasteiger partial charge in [-0.2, -0.15) is 0 Å². The molecule has 162 valence electrons. The van der Waals surface area contributed by atoms with Crippen molar-refractivity contribution in [2.24, 2.45) is 0 Å². The smallest absolute Gasteiger partial charge is 0.268 e. The first-order chi connectivity index (χ1) is 14.7. The molecule has 1 N–H and O–H groups in total. The van der Waals surface area contributed by atoms with Crippen molar-refractivity contribution in [3.8, 4) is 5.75 Å². The molecular weight excluding hydrogens is 419 g/mol. The molecular formula is C23H23FN2O4S. The van der Waals surface area contributed by atoms with E-state index in [1.807, 2.05) is 0 Å². The molecule has 1 amide bonds. The molecule has 0 saturated heterocycles. The fourth-order valence-corrected chi connectivity index (χ4v) is 4.73. The molecule has 0 fully saturated rings. The van der Waals surface area contributed by atoms with Crippen LogP contribution in [0.5, 0.6) is 5.75 Å². The third-order valence-corrected chi connectivity index (χ3v) is 6.49. The van der Waals surface area contributed by atoms with Crippen LogP contribution in [0.2, 0.25) is 0 Å². The largest absolute Gasteiger partial charge is 0.495 e. The lowest BCUT2D eigenvalue weighted by molar-refractivity contribution is -0.114. The normalized spacial score (nSPS) is 11.1. The first-order valence-corrected chi connectivity index (χ1v) is 10.9. The number of nitrogens with zero attached hydrogens (tertiary/aromatic N) is 1. The highest BCUT2D eigenvalue weighted by molar-refractivity contribution is 7.93. The van der Waals surface area contributed by atoms with E-state index < -0.39 is 28.3 Å². The quantitative estimate of drug-likeness (QED) is 0.592. The van der Waals surface area contributed by atoms with Crippen molar-refractivity contribution in [3.63, 3.8) is 0 Å². The molecule has 3 aromatic carbocycles. The minimum atomic E-state index is -4.15. The van der Waals surface area contributed by atoms with Gasteiger partial charge in [-0.25, -0.2) is 12.8 Å². The number of aryl methyl sites for hydroxylation is 2. The van der Waals surface area contributed by atoms with Gasteiger partial charge in [0, 0.05) is 5.69 Å². The van der Waals surface area contributed by atoms with E-state index in [9.17, 15) is 17.6 Å². The van der Waals surface area contributed by atoms with E-state index >= 15 is 0 Å². The predicted octanol–water partition coefficient (Wildman–Crippen LogP) is 4.29. The van der Waals surface area contributed by atoms with Crippen LogP contribution in [0.1, 0.15) is 11.1 Å². The fourth-order valence-electron chi connectivity index (χ4n) is 3.06. The maximum atomic E-state index is 13.6. The van der Waals surface area contributed by atoms with Gasteiger partial charge in [-0.3, -0.25) is 9.10 Å². The van der Waals surface area contributed by atoms with Gasteiger partial charge in [0.15, 0.2) is 0 Å². The average molecular weight is 443 g/mol. The molecule has 3 aromatic rings. The van der Waals surface area contributed by atoms with E-state index in [-0.39, 0.29) is 16.3 Å². The van der Waals surface area contributed by atoms with Gasteiger partial charge in [-0.05, 0) is 61.4 Å². The van der Waals surface area contributed by atoms with Gasteiger partial charge in [0.1, 0.15) is 23.0 Å². The standard InChI is InChI=1S/C23H23FN2O4S/c1-16-9-12-21(30-3)22(13-16)31(28,29)26(19-7-5-4-6-8-19)15-23(27)25-20-14-18(24)11-10-17(20)2/h4-14H,15H2,1-3H3,(H,25,27). The van der Waals surface area contributed by atoms with Crippen LogP contribution in [-0.4, -0.2) is 28.0 Å².